The molecule has 2 aromatic carbocycles. The first-order valence-corrected chi connectivity index (χ1v) is 8.89. The van der Waals surface area contributed by atoms with E-state index < -0.39 is 5.97 Å². The minimum atomic E-state index is -1.19. The molecule has 0 bridgehead atoms. The number of nitrogens with one attached hydrogen (secondary N) is 1. The second kappa shape index (κ2) is 8.29. The van der Waals surface area contributed by atoms with Crippen LogP contribution in [0.25, 0.3) is 0 Å². The predicted octanol–water partition coefficient (Wildman–Crippen LogP) is 3.82. The van der Waals surface area contributed by atoms with Gasteiger partial charge in [-0.2, -0.15) is 11.3 Å². The zero-order chi connectivity index (χ0) is 19.2. The van der Waals surface area contributed by atoms with Crippen LogP contribution in [-0.4, -0.2) is 23.3 Å². The van der Waals surface area contributed by atoms with Crippen molar-refractivity contribution in [2.45, 2.75) is 6.61 Å². The summed E-state index contributed by atoms with van der Waals surface area (Å²) in [6.07, 6.45) is 0.394. The number of rotatable bonds is 8. The zero-order valence-corrected chi connectivity index (χ0v) is 14.9. The van der Waals surface area contributed by atoms with Crippen molar-refractivity contribution in [2.75, 3.05) is 5.32 Å². The molecule has 0 atom stereocenters. The van der Waals surface area contributed by atoms with Crippen LogP contribution in [0.1, 0.15) is 31.8 Å². The molecule has 1 aromatic heterocycles. The highest BCUT2D eigenvalue weighted by atomic mass is 32.1. The molecule has 1 heterocycles. The third-order valence-electron chi connectivity index (χ3n) is 3.80. The van der Waals surface area contributed by atoms with E-state index >= 15 is 0 Å². The van der Waals surface area contributed by atoms with Gasteiger partial charge in [0.1, 0.15) is 12.4 Å². The number of carbonyl (C=O) groups is 3. The Kier molecular flexibility index (Phi) is 5.63. The second-order valence-corrected chi connectivity index (χ2v) is 6.36. The van der Waals surface area contributed by atoms with Crippen molar-refractivity contribution in [1.82, 2.24) is 0 Å². The first-order valence-electron chi connectivity index (χ1n) is 7.95. The summed E-state index contributed by atoms with van der Waals surface area (Å²) in [5.41, 5.74) is 1.38. The Hall–Kier alpha value is -3.45. The van der Waals surface area contributed by atoms with Gasteiger partial charge in [-0.15, -0.1) is 0 Å². The number of hydrogen-bond acceptors (Lipinski definition) is 5. The third-order valence-corrected chi connectivity index (χ3v) is 4.53. The Bertz CT molecular complexity index is 968. The molecule has 0 unspecified atom stereocenters. The Morgan fingerprint density at radius 2 is 1.89 bits per heavy atom. The van der Waals surface area contributed by atoms with Gasteiger partial charge >= 0.3 is 5.97 Å². The number of aromatic carboxylic acids is 1. The van der Waals surface area contributed by atoms with E-state index in [2.05, 4.69) is 5.32 Å². The van der Waals surface area contributed by atoms with Crippen LogP contribution in [0.5, 0.6) is 5.75 Å². The average molecular weight is 381 g/mol. The number of carboxylic acids is 1. The van der Waals surface area contributed by atoms with Gasteiger partial charge in [0, 0.05) is 5.56 Å². The SMILES string of the molecule is O=CNc1cc(C(=O)O)cc(OCc2ccsc2)c1C(=O)c1ccccc1. The van der Waals surface area contributed by atoms with Crippen molar-refractivity contribution in [1.29, 1.82) is 0 Å². The molecule has 0 aliphatic carbocycles. The van der Waals surface area contributed by atoms with E-state index in [9.17, 15) is 19.5 Å². The molecule has 3 aromatic rings. The van der Waals surface area contributed by atoms with Gasteiger partial charge < -0.3 is 15.2 Å². The molecular formula is C20H15NO5S. The van der Waals surface area contributed by atoms with Crippen LogP contribution >= 0.6 is 11.3 Å². The summed E-state index contributed by atoms with van der Waals surface area (Å²) in [6, 6.07) is 12.9. The van der Waals surface area contributed by atoms with E-state index in [0.717, 1.165) is 5.56 Å². The molecule has 0 fully saturated rings. The van der Waals surface area contributed by atoms with Crippen LogP contribution in [0.3, 0.4) is 0 Å². The smallest absolute Gasteiger partial charge is 0.335 e. The molecular weight excluding hydrogens is 366 g/mol. The summed E-state index contributed by atoms with van der Waals surface area (Å²) >= 11 is 1.50. The van der Waals surface area contributed by atoms with Crippen molar-refractivity contribution in [3.8, 4) is 5.75 Å². The van der Waals surface area contributed by atoms with E-state index in [1.54, 1.807) is 30.3 Å². The first kappa shape index (κ1) is 18.3. The van der Waals surface area contributed by atoms with E-state index in [0.29, 0.717) is 12.0 Å². The highest BCUT2D eigenvalue weighted by Crippen LogP contribution is 2.32. The number of carbonyl (C=O) groups excluding carboxylic acids is 2. The number of amides is 1. The molecule has 1 amide bonds. The Morgan fingerprint density at radius 3 is 2.52 bits per heavy atom. The Morgan fingerprint density at radius 1 is 1.11 bits per heavy atom. The van der Waals surface area contributed by atoms with Gasteiger partial charge in [-0.1, -0.05) is 30.3 Å². The lowest BCUT2D eigenvalue weighted by molar-refractivity contribution is -0.105. The number of hydrogen-bond donors (Lipinski definition) is 2. The predicted molar refractivity (Wildman–Crippen MR) is 102 cm³/mol. The van der Waals surface area contributed by atoms with Crippen LogP contribution < -0.4 is 10.1 Å². The number of ketones is 1. The van der Waals surface area contributed by atoms with Crippen molar-refractivity contribution >= 4 is 35.2 Å². The lowest BCUT2D eigenvalue weighted by Crippen LogP contribution is -2.12. The van der Waals surface area contributed by atoms with Crippen LogP contribution in [0, 0.1) is 0 Å². The number of thiophene rings is 1. The van der Waals surface area contributed by atoms with E-state index in [1.165, 1.54) is 23.5 Å². The molecule has 0 spiro atoms. The standard InChI is InChI=1S/C20H15NO5S/c22-12-21-16-8-15(20(24)25)9-17(26-10-13-6-7-27-11-13)18(16)19(23)14-4-2-1-3-5-14/h1-9,11-12H,10H2,(H,21,22)(H,24,25). The highest BCUT2D eigenvalue weighted by Gasteiger charge is 2.22. The van der Waals surface area contributed by atoms with Crippen LogP contribution in [0.15, 0.2) is 59.3 Å². The minimum absolute atomic E-state index is 0.0825. The van der Waals surface area contributed by atoms with Crippen LogP contribution in [0.2, 0.25) is 0 Å². The fraction of sp³-hybridized carbons (Fsp3) is 0.0500. The topological polar surface area (TPSA) is 92.7 Å². The summed E-state index contributed by atoms with van der Waals surface area (Å²) in [6.45, 7) is 0.169. The van der Waals surface area contributed by atoms with E-state index in [-0.39, 0.29) is 35.0 Å². The van der Waals surface area contributed by atoms with Crippen molar-refractivity contribution in [3.63, 3.8) is 0 Å². The maximum atomic E-state index is 13.0. The lowest BCUT2D eigenvalue weighted by Gasteiger charge is -2.15. The second-order valence-electron chi connectivity index (χ2n) is 5.58. The van der Waals surface area contributed by atoms with Crippen molar-refractivity contribution < 1.29 is 24.2 Å². The minimum Gasteiger partial charge on any atom is -0.488 e. The summed E-state index contributed by atoms with van der Waals surface area (Å²) < 4.78 is 5.77. The number of anilines is 1. The van der Waals surface area contributed by atoms with E-state index in [1.807, 2.05) is 16.8 Å². The van der Waals surface area contributed by atoms with Gasteiger partial charge in [0.05, 0.1) is 16.8 Å². The Balaban J connectivity index is 2.10. The van der Waals surface area contributed by atoms with Crippen LogP contribution in [-0.2, 0) is 11.4 Å². The zero-order valence-electron chi connectivity index (χ0n) is 14.0. The number of ether oxygens (including phenoxy) is 1. The fourth-order valence-electron chi connectivity index (χ4n) is 2.53. The van der Waals surface area contributed by atoms with Crippen LogP contribution in [0.4, 0.5) is 5.69 Å². The highest BCUT2D eigenvalue weighted by molar-refractivity contribution is 7.07. The van der Waals surface area contributed by atoms with Gasteiger partial charge in [0.2, 0.25) is 6.41 Å². The quantitative estimate of drug-likeness (QED) is 0.457. The number of carboxylic acid groups (broad SMARTS) is 1. The molecule has 0 saturated carbocycles. The first-order chi connectivity index (χ1) is 13.1. The maximum absolute atomic E-state index is 13.0. The molecule has 136 valence electrons. The van der Waals surface area contributed by atoms with Crippen molar-refractivity contribution in [2.24, 2.45) is 0 Å². The largest absolute Gasteiger partial charge is 0.488 e. The molecule has 6 nitrogen and oxygen atoms in total. The third kappa shape index (κ3) is 4.21. The van der Waals surface area contributed by atoms with Crippen molar-refractivity contribution in [3.05, 3.63) is 81.5 Å². The van der Waals surface area contributed by atoms with E-state index in [4.69, 9.17) is 4.74 Å². The molecule has 0 saturated heterocycles. The molecule has 7 heteroatoms. The van der Waals surface area contributed by atoms with Gasteiger partial charge in [-0.25, -0.2) is 4.79 Å². The van der Waals surface area contributed by atoms with Gasteiger partial charge in [-0.3, -0.25) is 9.59 Å². The average Bonchev–Trinajstić information content (AvgIpc) is 3.20. The normalized spacial score (nSPS) is 10.2. The fourth-order valence-corrected chi connectivity index (χ4v) is 3.19. The molecule has 27 heavy (non-hydrogen) atoms. The lowest BCUT2D eigenvalue weighted by atomic mass is 9.98. The summed E-state index contributed by atoms with van der Waals surface area (Å²) in [5.74, 6) is -1.47. The molecule has 0 aliphatic rings. The maximum Gasteiger partial charge on any atom is 0.335 e. The summed E-state index contributed by atoms with van der Waals surface area (Å²) in [7, 11) is 0. The number of benzene rings is 2. The summed E-state index contributed by atoms with van der Waals surface area (Å²) in [5, 5.41) is 15.5. The van der Waals surface area contributed by atoms with Gasteiger partial charge in [0.15, 0.2) is 5.78 Å². The Labute approximate surface area is 159 Å². The summed E-state index contributed by atoms with van der Waals surface area (Å²) in [4.78, 5) is 35.5. The van der Waals surface area contributed by atoms with Gasteiger partial charge in [-0.05, 0) is 34.5 Å². The molecule has 3 rings (SSSR count). The van der Waals surface area contributed by atoms with Gasteiger partial charge in [0.25, 0.3) is 0 Å². The molecule has 0 radical (unpaired) electrons. The molecule has 0 aliphatic heterocycles. The monoisotopic (exact) mass is 381 g/mol. The molecule has 2 N–H and O–H groups in total.